The second-order valence-corrected chi connectivity index (χ2v) is 1.30. The average molecular weight is 187 g/mol. The second kappa shape index (κ2) is 4.80. The van der Waals surface area contributed by atoms with Gasteiger partial charge >= 0.3 is 44.3 Å². The van der Waals surface area contributed by atoms with E-state index in [4.69, 9.17) is 11.9 Å². The summed E-state index contributed by atoms with van der Waals surface area (Å²) in [7, 11) is 0. The van der Waals surface area contributed by atoms with Crippen LogP contribution in [-0.4, -0.2) is 15.3 Å². The molecule has 0 fully saturated rings. The molecule has 0 aromatic heterocycles. The van der Waals surface area contributed by atoms with E-state index in [1.807, 2.05) is 0 Å². The summed E-state index contributed by atoms with van der Waals surface area (Å²) in [6.07, 6.45) is 0. The second-order valence-electron chi connectivity index (χ2n) is 0.250. The Morgan fingerprint density at radius 1 is 1.40 bits per heavy atom. The van der Waals surface area contributed by atoms with Gasteiger partial charge in [0.2, 0.25) is 0 Å². The van der Waals surface area contributed by atoms with E-state index in [1.165, 1.54) is 0 Å². The van der Waals surface area contributed by atoms with E-state index in [2.05, 4.69) is 0 Å². The number of hydrogen-bond acceptors (Lipinski definition) is 3. The first-order valence-electron chi connectivity index (χ1n) is 0.612. The van der Waals surface area contributed by atoms with Gasteiger partial charge in [-0.2, -0.15) is 0 Å². The molecule has 0 atom stereocenters. The zero-order valence-corrected chi connectivity index (χ0v) is 5.07. The maximum atomic E-state index is 8.58. The molecular formula is HAsCuO3. The van der Waals surface area contributed by atoms with Crippen LogP contribution in [0.2, 0.25) is 0 Å². The minimum Gasteiger partial charge on any atom is 2.00 e. The molecular weight excluding hydrogens is 186 g/mol. The van der Waals surface area contributed by atoms with Gasteiger partial charge in [0.05, 0.1) is 0 Å². The molecule has 0 bridgehead atoms. The first kappa shape index (κ1) is 9.25. The SMILES string of the molecule is O=[AsH]([O-])[O-].[Cu+2]. The summed E-state index contributed by atoms with van der Waals surface area (Å²) in [6, 6.07) is 0. The fraction of sp³-hybridized carbons (Fsp3) is 0. The summed E-state index contributed by atoms with van der Waals surface area (Å²) in [5.41, 5.74) is 0. The van der Waals surface area contributed by atoms with E-state index < -0.39 is 15.3 Å². The smallest absolute Gasteiger partial charge is 2.00 e. The molecule has 3 nitrogen and oxygen atoms in total. The van der Waals surface area contributed by atoms with Crippen LogP contribution in [0.4, 0.5) is 0 Å². The Morgan fingerprint density at radius 3 is 1.40 bits per heavy atom. The average Bonchev–Trinajstić information content (AvgIpc) is 0.811. The third kappa shape index (κ3) is 59.0. The Kier molecular flexibility index (Phi) is 8.88. The minimum atomic E-state index is -4.08. The molecule has 0 aromatic carbocycles. The van der Waals surface area contributed by atoms with E-state index in [1.54, 1.807) is 0 Å². The van der Waals surface area contributed by atoms with Gasteiger partial charge in [-0.1, -0.05) is 0 Å². The molecule has 0 saturated carbocycles. The summed E-state index contributed by atoms with van der Waals surface area (Å²) < 4.78 is 25.8. The monoisotopic (exact) mass is 187 g/mol. The largest absolute Gasteiger partial charge is 2.00 e. The van der Waals surface area contributed by atoms with Gasteiger partial charge in [-0.3, -0.25) is 0 Å². The Balaban J connectivity index is 0. The van der Waals surface area contributed by atoms with Crippen molar-refractivity contribution in [3.05, 3.63) is 0 Å². The normalized spacial score (nSPS) is 7.00. The van der Waals surface area contributed by atoms with Crippen LogP contribution in [0.1, 0.15) is 0 Å². The van der Waals surface area contributed by atoms with Crippen molar-refractivity contribution in [1.82, 2.24) is 0 Å². The standard InChI is InChI=1S/AsH3O3.Cu/c2-1(3)4;/h1H,(H2,2,3,4);/q;+2/p-2. The Morgan fingerprint density at radius 2 is 1.40 bits per heavy atom. The Hall–Kier alpha value is 0.798. The van der Waals surface area contributed by atoms with Crippen molar-refractivity contribution >= 4 is 15.3 Å². The molecule has 0 unspecified atom stereocenters. The molecule has 5 heavy (non-hydrogen) atoms. The molecule has 0 rings (SSSR count). The molecule has 0 aliphatic rings. The Labute approximate surface area is 44.7 Å². The van der Waals surface area contributed by atoms with Crippen molar-refractivity contribution in [3.8, 4) is 0 Å². The zero-order chi connectivity index (χ0) is 3.58. The molecule has 1 radical (unpaired) electrons. The first-order valence-corrected chi connectivity index (χ1v) is 3.18. The van der Waals surface area contributed by atoms with Crippen LogP contribution in [0, 0.1) is 0 Å². The zero-order valence-electron chi connectivity index (χ0n) is 2.03. The molecule has 0 saturated heterocycles. The van der Waals surface area contributed by atoms with Crippen LogP contribution in [0.15, 0.2) is 0 Å². The molecule has 0 N–H and O–H groups in total. The molecule has 5 heteroatoms. The molecule has 0 aromatic rings. The third-order valence-corrected chi connectivity index (χ3v) is 0. The quantitative estimate of drug-likeness (QED) is 0.376. The molecule has 0 heterocycles. The van der Waals surface area contributed by atoms with Crippen molar-refractivity contribution in [3.63, 3.8) is 0 Å². The maximum absolute atomic E-state index is 8.58. The molecule has 0 spiro atoms. The van der Waals surface area contributed by atoms with Crippen LogP contribution < -0.4 is 8.19 Å². The summed E-state index contributed by atoms with van der Waals surface area (Å²) in [5, 5.41) is 0. The van der Waals surface area contributed by atoms with E-state index in [0.717, 1.165) is 0 Å². The molecule has 0 amide bonds. The van der Waals surface area contributed by atoms with E-state index in [-0.39, 0.29) is 17.1 Å². The van der Waals surface area contributed by atoms with Gasteiger partial charge in [0.15, 0.2) is 0 Å². The van der Waals surface area contributed by atoms with Crippen molar-refractivity contribution in [2.45, 2.75) is 0 Å². The predicted molar refractivity (Wildman–Crippen MR) is 7.84 cm³/mol. The molecule has 35 valence electrons. The van der Waals surface area contributed by atoms with Crippen molar-refractivity contribution < 1.29 is 29.0 Å². The van der Waals surface area contributed by atoms with E-state index in [0.29, 0.717) is 0 Å². The van der Waals surface area contributed by atoms with Crippen LogP contribution in [0.3, 0.4) is 0 Å². The van der Waals surface area contributed by atoms with Crippen molar-refractivity contribution in [2.24, 2.45) is 0 Å². The van der Waals surface area contributed by atoms with Crippen LogP contribution in [-0.2, 0) is 20.8 Å². The van der Waals surface area contributed by atoms with Crippen LogP contribution in [0.5, 0.6) is 0 Å². The van der Waals surface area contributed by atoms with Gasteiger partial charge in [-0.25, -0.2) is 0 Å². The molecule has 0 aliphatic carbocycles. The van der Waals surface area contributed by atoms with Gasteiger partial charge in [-0.15, -0.1) is 0 Å². The van der Waals surface area contributed by atoms with E-state index in [9.17, 15) is 0 Å². The van der Waals surface area contributed by atoms with Crippen molar-refractivity contribution in [2.75, 3.05) is 0 Å². The first-order chi connectivity index (χ1) is 1.73. The van der Waals surface area contributed by atoms with Crippen molar-refractivity contribution in [1.29, 1.82) is 0 Å². The fourth-order valence-corrected chi connectivity index (χ4v) is 0. The summed E-state index contributed by atoms with van der Waals surface area (Å²) in [5.74, 6) is 0. The summed E-state index contributed by atoms with van der Waals surface area (Å²) in [6.45, 7) is 0. The van der Waals surface area contributed by atoms with Gasteiger partial charge in [-0.05, 0) is 0 Å². The summed E-state index contributed by atoms with van der Waals surface area (Å²) in [4.78, 5) is 0. The van der Waals surface area contributed by atoms with Gasteiger partial charge in [0, 0.05) is 0 Å². The maximum Gasteiger partial charge on any atom is 2.00 e. The number of hydrogen-bond donors (Lipinski definition) is 0. The third-order valence-electron chi connectivity index (χ3n) is 0. The topological polar surface area (TPSA) is 63.2 Å². The van der Waals surface area contributed by atoms with Gasteiger partial charge < -0.3 is 0 Å². The van der Waals surface area contributed by atoms with Crippen LogP contribution >= 0.6 is 0 Å². The van der Waals surface area contributed by atoms with Crippen LogP contribution in [0.25, 0.3) is 0 Å². The summed E-state index contributed by atoms with van der Waals surface area (Å²) >= 11 is -4.08. The number of rotatable bonds is 0. The molecule has 0 aliphatic heterocycles. The predicted octanol–water partition coefficient (Wildman–Crippen LogP) is -3.15. The Bertz CT molecular complexity index is 29.9. The fourth-order valence-electron chi connectivity index (χ4n) is 0. The van der Waals surface area contributed by atoms with E-state index >= 15 is 0 Å². The van der Waals surface area contributed by atoms with Gasteiger partial charge in [0.1, 0.15) is 0 Å². The minimum absolute atomic E-state index is 0. The van der Waals surface area contributed by atoms with Gasteiger partial charge in [0.25, 0.3) is 0 Å².